The summed E-state index contributed by atoms with van der Waals surface area (Å²) in [6, 6.07) is 0. The Labute approximate surface area is 77.0 Å². The van der Waals surface area contributed by atoms with Crippen LogP contribution in [0.15, 0.2) is 0 Å². The molecule has 0 aliphatic rings. The molecule has 0 aliphatic carbocycles. The second-order valence-electron chi connectivity index (χ2n) is 3.24. The van der Waals surface area contributed by atoms with Crippen molar-refractivity contribution in [3.63, 3.8) is 0 Å². The Balaban J connectivity index is 2.82. The minimum atomic E-state index is 0.348. The monoisotopic (exact) mass is 172 g/mol. The average molecular weight is 172 g/mol. The van der Waals surface area contributed by atoms with Crippen LogP contribution in [-0.4, -0.2) is 33.8 Å². The molecular weight excluding hydrogens is 151 g/mol. The van der Waals surface area contributed by atoms with Gasteiger partial charge in [0.15, 0.2) is 0 Å². The normalized spacial score (nSPS) is 10.9. The molecule has 2 nitrogen and oxygen atoms in total. The molecule has 0 rings (SSSR count). The van der Waals surface area contributed by atoms with E-state index in [-0.39, 0.29) is 0 Å². The van der Waals surface area contributed by atoms with Crippen LogP contribution in [0.5, 0.6) is 0 Å². The molecule has 0 amide bonds. The highest BCUT2D eigenvalue weighted by molar-refractivity contribution is 6.08. The quantitative estimate of drug-likeness (QED) is 0.405. The molecule has 0 aromatic heterocycles. The summed E-state index contributed by atoms with van der Waals surface area (Å²) in [6.07, 6.45) is 3.75. The third-order valence-electron chi connectivity index (χ3n) is 1.53. The zero-order valence-electron chi connectivity index (χ0n) is 8.64. The molecule has 0 saturated heterocycles. The summed E-state index contributed by atoms with van der Waals surface area (Å²) in [6.45, 7) is 6.67. The summed E-state index contributed by atoms with van der Waals surface area (Å²) in [4.78, 5) is 0. The largest absolute Gasteiger partial charge is 0.381 e. The van der Waals surface area contributed by atoms with Crippen molar-refractivity contribution < 1.29 is 9.47 Å². The Bertz CT molecular complexity index is 86.6. The van der Waals surface area contributed by atoms with Crippen LogP contribution >= 0.6 is 0 Å². The van der Waals surface area contributed by atoms with E-state index in [1.54, 1.807) is 0 Å². The van der Waals surface area contributed by atoms with Gasteiger partial charge >= 0.3 is 0 Å². The van der Waals surface area contributed by atoms with Gasteiger partial charge in [-0.3, -0.25) is 0 Å². The number of hydrogen-bond donors (Lipinski definition) is 0. The number of hydrogen-bond acceptors (Lipinski definition) is 2. The van der Waals surface area contributed by atoms with E-state index in [1.807, 2.05) is 0 Å². The zero-order chi connectivity index (χ0) is 9.23. The van der Waals surface area contributed by atoms with E-state index in [4.69, 9.17) is 9.47 Å². The second kappa shape index (κ2) is 9.08. The van der Waals surface area contributed by atoms with Gasteiger partial charge < -0.3 is 9.47 Å². The number of rotatable bonds is 8. The van der Waals surface area contributed by atoms with Gasteiger partial charge in [0.1, 0.15) is 7.85 Å². The minimum Gasteiger partial charge on any atom is -0.381 e. The van der Waals surface area contributed by atoms with E-state index in [0.29, 0.717) is 6.10 Å². The lowest BCUT2D eigenvalue weighted by atomic mass is 10.0. The maximum atomic E-state index is 5.38. The van der Waals surface area contributed by atoms with Crippen molar-refractivity contribution in [2.45, 2.75) is 39.1 Å². The summed E-state index contributed by atoms with van der Waals surface area (Å²) >= 11 is 0. The molecule has 3 heteroatoms. The molecule has 0 aromatic rings. The standard InChI is InChI=1S/C9H21BO2/c1-9(2)12-8-4-7-11-6-3-5-10/h9H,3-8,10H2,1-2H3. The maximum absolute atomic E-state index is 5.38. The minimum absolute atomic E-state index is 0.348. The summed E-state index contributed by atoms with van der Waals surface area (Å²) in [7, 11) is 2.17. The van der Waals surface area contributed by atoms with Crippen molar-refractivity contribution in [1.29, 1.82) is 0 Å². The lowest BCUT2D eigenvalue weighted by Crippen LogP contribution is -2.06. The molecule has 0 saturated carbocycles. The molecular formula is C9H21BO2. The smallest absolute Gasteiger partial charge is 0.101 e. The highest BCUT2D eigenvalue weighted by atomic mass is 16.5. The highest BCUT2D eigenvalue weighted by Crippen LogP contribution is 1.92. The second-order valence-corrected chi connectivity index (χ2v) is 3.24. The summed E-state index contributed by atoms with van der Waals surface area (Å²) in [5.41, 5.74) is 0. The van der Waals surface area contributed by atoms with Crippen LogP contribution in [0.2, 0.25) is 6.32 Å². The van der Waals surface area contributed by atoms with Crippen molar-refractivity contribution in [3.05, 3.63) is 0 Å². The Hall–Kier alpha value is -0.0151. The van der Waals surface area contributed by atoms with Crippen molar-refractivity contribution in [1.82, 2.24) is 0 Å². The van der Waals surface area contributed by atoms with Crippen LogP contribution in [0.25, 0.3) is 0 Å². The van der Waals surface area contributed by atoms with Crippen LogP contribution in [0.4, 0.5) is 0 Å². The van der Waals surface area contributed by atoms with Crippen molar-refractivity contribution >= 4 is 7.85 Å². The van der Waals surface area contributed by atoms with Crippen molar-refractivity contribution in [3.8, 4) is 0 Å². The van der Waals surface area contributed by atoms with Gasteiger partial charge in [-0.25, -0.2) is 0 Å². The van der Waals surface area contributed by atoms with Crippen LogP contribution in [0.3, 0.4) is 0 Å². The molecule has 0 aliphatic heterocycles. The Morgan fingerprint density at radius 3 is 2.33 bits per heavy atom. The van der Waals surface area contributed by atoms with Gasteiger partial charge in [0.2, 0.25) is 0 Å². The first-order valence-electron chi connectivity index (χ1n) is 4.96. The van der Waals surface area contributed by atoms with Crippen LogP contribution in [0.1, 0.15) is 26.7 Å². The van der Waals surface area contributed by atoms with Gasteiger partial charge in [-0.1, -0.05) is 6.32 Å². The summed E-state index contributed by atoms with van der Waals surface area (Å²) in [5.74, 6) is 0. The van der Waals surface area contributed by atoms with Crippen molar-refractivity contribution in [2.24, 2.45) is 0 Å². The molecule has 72 valence electrons. The van der Waals surface area contributed by atoms with Crippen LogP contribution in [0, 0.1) is 0 Å². The van der Waals surface area contributed by atoms with Gasteiger partial charge in [0.25, 0.3) is 0 Å². The van der Waals surface area contributed by atoms with Gasteiger partial charge in [-0.05, 0) is 26.7 Å². The predicted octanol–water partition coefficient (Wildman–Crippen LogP) is 1.26. The van der Waals surface area contributed by atoms with Crippen LogP contribution < -0.4 is 0 Å². The fourth-order valence-corrected chi connectivity index (χ4v) is 0.828. The fourth-order valence-electron chi connectivity index (χ4n) is 0.828. The first kappa shape index (κ1) is 12.0. The lowest BCUT2D eigenvalue weighted by Gasteiger charge is -2.07. The maximum Gasteiger partial charge on any atom is 0.101 e. The molecule has 0 radical (unpaired) electrons. The SMILES string of the molecule is BCCCOCCCOC(C)C. The van der Waals surface area contributed by atoms with E-state index in [0.717, 1.165) is 26.2 Å². The Kier molecular flexibility index (Phi) is 9.06. The van der Waals surface area contributed by atoms with Gasteiger partial charge in [-0.15, -0.1) is 0 Å². The molecule has 0 spiro atoms. The Morgan fingerprint density at radius 2 is 1.75 bits per heavy atom. The molecule has 0 aromatic carbocycles. The Morgan fingerprint density at radius 1 is 1.08 bits per heavy atom. The fraction of sp³-hybridized carbons (Fsp3) is 1.00. The predicted molar refractivity (Wildman–Crippen MR) is 54.5 cm³/mol. The summed E-state index contributed by atoms with van der Waals surface area (Å²) < 4.78 is 10.7. The number of ether oxygens (including phenoxy) is 2. The molecule has 0 atom stereocenters. The van der Waals surface area contributed by atoms with E-state index in [9.17, 15) is 0 Å². The van der Waals surface area contributed by atoms with Crippen molar-refractivity contribution in [2.75, 3.05) is 19.8 Å². The topological polar surface area (TPSA) is 18.5 Å². The molecule has 0 heterocycles. The van der Waals surface area contributed by atoms with Crippen LogP contribution in [-0.2, 0) is 9.47 Å². The highest BCUT2D eigenvalue weighted by Gasteiger charge is 1.92. The lowest BCUT2D eigenvalue weighted by molar-refractivity contribution is 0.0516. The zero-order valence-corrected chi connectivity index (χ0v) is 8.64. The van der Waals surface area contributed by atoms with Gasteiger partial charge in [-0.2, -0.15) is 0 Å². The average Bonchev–Trinajstić information content (AvgIpc) is 2.02. The molecule has 0 unspecified atom stereocenters. The third kappa shape index (κ3) is 9.98. The van der Waals surface area contributed by atoms with E-state index >= 15 is 0 Å². The van der Waals surface area contributed by atoms with Gasteiger partial charge in [0.05, 0.1) is 6.10 Å². The molecule has 0 bridgehead atoms. The first-order chi connectivity index (χ1) is 5.77. The third-order valence-corrected chi connectivity index (χ3v) is 1.53. The first-order valence-corrected chi connectivity index (χ1v) is 4.96. The van der Waals surface area contributed by atoms with E-state index in [1.165, 1.54) is 12.7 Å². The molecule has 0 N–H and O–H groups in total. The molecule has 0 fully saturated rings. The molecule has 12 heavy (non-hydrogen) atoms. The van der Waals surface area contributed by atoms with E-state index < -0.39 is 0 Å². The van der Waals surface area contributed by atoms with Gasteiger partial charge in [0, 0.05) is 19.8 Å². The van der Waals surface area contributed by atoms with E-state index in [2.05, 4.69) is 21.7 Å². The summed E-state index contributed by atoms with van der Waals surface area (Å²) in [5, 5.41) is 0.